The van der Waals surface area contributed by atoms with Gasteiger partial charge in [-0.2, -0.15) is 0 Å². The minimum absolute atomic E-state index is 0.943. The van der Waals surface area contributed by atoms with Gasteiger partial charge in [0.25, 0.3) is 0 Å². The van der Waals surface area contributed by atoms with E-state index in [1.807, 2.05) is 0 Å². The van der Waals surface area contributed by atoms with Crippen LogP contribution in [-0.2, 0) is 0 Å². The van der Waals surface area contributed by atoms with Gasteiger partial charge in [0.2, 0.25) is 0 Å². The monoisotopic (exact) mass is 178 g/mol. The topological polar surface area (TPSA) is 0 Å². The molecule has 13 heavy (non-hydrogen) atoms. The largest absolute Gasteiger partial charge is 0.0654 e. The Hall–Kier alpha value is 0. The molecule has 4 saturated carbocycles. The molecule has 4 unspecified atom stereocenters. The molecule has 4 rings (SSSR count). The van der Waals surface area contributed by atoms with Crippen LogP contribution < -0.4 is 0 Å². The van der Waals surface area contributed by atoms with E-state index in [2.05, 4.69) is 6.92 Å². The normalized spacial score (nSPS) is 51.0. The van der Waals surface area contributed by atoms with Crippen molar-refractivity contribution >= 4 is 0 Å². The highest BCUT2D eigenvalue weighted by atomic mass is 14.7. The minimum Gasteiger partial charge on any atom is -0.0654 e. The van der Waals surface area contributed by atoms with Crippen LogP contribution in [-0.4, -0.2) is 0 Å². The van der Waals surface area contributed by atoms with Gasteiger partial charge in [0.1, 0.15) is 0 Å². The highest BCUT2D eigenvalue weighted by Crippen LogP contribution is 2.76. The third-order valence-corrected chi connectivity index (χ3v) is 5.43. The lowest BCUT2D eigenvalue weighted by Gasteiger charge is -2.59. The van der Waals surface area contributed by atoms with Crippen molar-refractivity contribution in [1.29, 1.82) is 0 Å². The smallest absolute Gasteiger partial charge is 0.0235 e. The highest BCUT2D eigenvalue weighted by Gasteiger charge is 2.67. The van der Waals surface area contributed by atoms with Crippen LogP contribution in [0.2, 0.25) is 0 Å². The number of hydrogen-bond acceptors (Lipinski definition) is 0. The average Bonchev–Trinajstić information content (AvgIpc) is 2.55. The predicted molar refractivity (Wildman–Crippen MR) is 55.5 cm³/mol. The Morgan fingerprint density at radius 3 is 2.77 bits per heavy atom. The molecule has 0 aromatic rings. The summed E-state index contributed by atoms with van der Waals surface area (Å²) >= 11 is 0. The Balaban J connectivity index is 1.56. The maximum Gasteiger partial charge on any atom is -0.0235 e. The number of rotatable bonds is 4. The zero-order valence-corrected chi connectivity index (χ0v) is 8.89. The molecule has 0 N–H and O–H groups in total. The van der Waals surface area contributed by atoms with Gasteiger partial charge in [-0.15, -0.1) is 0 Å². The van der Waals surface area contributed by atoms with E-state index in [-0.39, 0.29) is 0 Å². The average molecular weight is 178 g/mol. The van der Waals surface area contributed by atoms with Crippen LogP contribution in [0.3, 0.4) is 0 Å². The molecule has 0 amide bonds. The zero-order valence-electron chi connectivity index (χ0n) is 8.89. The third-order valence-electron chi connectivity index (χ3n) is 5.43. The summed E-state index contributed by atoms with van der Waals surface area (Å²) in [5, 5.41) is 0. The molecular formula is C13H22. The predicted octanol–water partition coefficient (Wildman–Crippen LogP) is 4.00. The highest BCUT2D eigenvalue weighted by molar-refractivity contribution is 5.17. The Morgan fingerprint density at radius 1 is 1.31 bits per heavy atom. The zero-order chi connectivity index (χ0) is 8.89. The molecule has 0 radical (unpaired) electrons. The van der Waals surface area contributed by atoms with E-state index >= 15 is 0 Å². The van der Waals surface area contributed by atoms with Crippen molar-refractivity contribution in [2.75, 3.05) is 0 Å². The van der Waals surface area contributed by atoms with Crippen LogP contribution in [0.4, 0.5) is 0 Å². The van der Waals surface area contributed by atoms with Crippen LogP contribution in [0.1, 0.15) is 58.3 Å². The fourth-order valence-electron chi connectivity index (χ4n) is 4.68. The maximum absolute atomic E-state index is 2.32. The second-order valence-corrected chi connectivity index (χ2v) is 5.77. The van der Waals surface area contributed by atoms with Gasteiger partial charge in [-0.25, -0.2) is 0 Å². The molecule has 0 nitrogen and oxygen atoms in total. The summed E-state index contributed by atoms with van der Waals surface area (Å²) in [7, 11) is 0. The molecule has 0 aromatic carbocycles. The summed E-state index contributed by atoms with van der Waals surface area (Å²) in [5.74, 6) is 3.59. The second kappa shape index (κ2) is 2.74. The number of fused-ring (bicyclic) bond motifs is 1. The first-order valence-corrected chi connectivity index (χ1v) is 6.37. The Labute approximate surface area is 82.1 Å². The SMILES string of the molecule is CCCCCC1CC2CC13CCC23. The fraction of sp³-hybridized carbons (Fsp3) is 1.00. The summed E-state index contributed by atoms with van der Waals surface area (Å²) in [5.41, 5.74) is 0.943. The van der Waals surface area contributed by atoms with Gasteiger partial charge in [-0.3, -0.25) is 0 Å². The van der Waals surface area contributed by atoms with Gasteiger partial charge in [-0.05, 0) is 55.3 Å². The van der Waals surface area contributed by atoms with Crippen molar-refractivity contribution in [3.8, 4) is 0 Å². The van der Waals surface area contributed by atoms with Crippen LogP contribution >= 0.6 is 0 Å². The lowest BCUT2D eigenvalue weighted by molar-refractivity contribution is -0.0954. The third kappa shape index (κ3) is 0.926. The molecule has 74 valence electrons. The molecule has 0 aromatic heterocycles. The first kappa shape index (κ1) is 8.32. The van der Waals surface area contributed by atoms with Crippen molar-refractivity contribution in [1.82, 2.24) is 0 Å². The van der Waals surface area contributed by atoms with Crippen LogP contribution in [0.25, 0.3) is 0 Å². The van der Waals surface area contributed by atoms with Crippen molar-refractivity contribution in [3.05, 3.63) is 0 Å². The molecule has 2 bridgehead atoms. The number of unbranched alkanes of at least 4 members (excludes halogenated alkanes) is 2. The molecule has 0 aliphatic heterocycles. The van der Waals surface area contributed by atoms with Gasteiger partial charge in [0.05, 0.1) is 0 Å². The van der Waals surface area contributed by atoms with E-state index in [9.17, 15) is 0 Å². The minimum atomic E-state index is 0.943. The summed E-state index contributed by atoms with van der Waals surface area (Å²) in [4.78, 5) is 0. The summed E-state index contributed by atoms with van der Waals surface area (Å²) in [6.45, 7) is 2.32. The Kier molecular flexibility index (Phi) is 1.76. The molecule has 4 aliphatic rings. The van der Waals surface area contributed by atoms with Crippen molar-refractivity contribution in [2.45, 2.75) is 58.3 Å². The number of hydrogen-bond donors (Lipinski definition) is 0. The Morgan fingerprint density at radius 2 is 2.23 bits per heavy atom. The quantitative estimate of drug-likeness (QED) is 0.571. The van der Waals surface area contributed by atoms with Gasteiger partial charge in [-0.1, -0.05) is 26.2 Å². The Bertz CT molecular complexity index is 208. The van der Waals surface area contributed by atoms with Crippen LogP contribution in [0.5, 0.6) is 0 Å². The first-order chi connectivity index (χ1) is 6.37. The summed E-state index contributed by atoms with van der Waals surface area (Å²) in [6.07, 6.45) is 12.4. The molecular weight excluding hydrogens is 156 g/mol. The van der Waals surface area contributed by atoms with E-state index in [0.29, 0.717) is 0 Å². The lowest BCUT2D eigenvalue weighted by atomic mass is 9.46. The standard InChI is InChI=1S/C13H22/c1-2-3-4-5-11-8-10-9-13(11)7-6-12(10)13/h10-12H,2-9H2,1H3. The molecule has 4 fully saturated rings. The molecule has 0 saturated heterocycles. The van der Waals surface area contributed by atoms with Gasteiger partial charge in [0.15, 0.2) is 0 Å². The molecule has 0 heterocycles. The molecule has 4 atom stereocenters. The van der Waals surface area contributed by atoms with Gasteiger partial charge in [0, 0.05) is 0 Å². The second-order valence-electron chi connectivity index (χ2n) is 5.77. The van der Waals surface area contributed by atoms with Gasteiger partial charge >= 0.3 is 0 Å². The van der Waals surface area contributed by atoms with Crippen molar-refractivity contribution < 1.29 is 0 Å². The molecule has 4 aliphatic carbocycles. The van der Waals surface area contributed by atoms with Crippen LogP contribution in [0, 0.1) is 23.2 Å². The van der Waals surface area contributed by atoms with E-state index < -0.39 is 0 Å². The fourth-order valence-corrected chi connectivity index (χ4v) is 4.68. The molecule has 1 spiro atoms. The van der Waals surface area contributed by atoms with Gasteiger partial charge < -0.3 is 0 Å². The van der Waals surface area contributed by atoms with E-state index in [0.717, 1.165) is 5.41 Å². The van der Waals surface area contributed by atoms with Crippen LogP contribution in [0.15, 0.2) is 0 Å². The summed E-state index contributed by atoms with van der Waals surface area (Å²) in [6, 6.07) is 0. The lowest BCUT2D eigenvalue weighted by Crippen LogP contribution is -2.50. The summed E-state index contributed by atoms with van der Waals surface area (Å²) < 4.78 is 0. The molecule has 0 heteroatoms. The van der Waals surface area contributed by atoms with Crippen molar-refractivity contribution in [3.63, 3.8) is 0 Å². The van der Waals surface area contributed by atoms with E-state index in [1.165, 1.54) is 37.0 Å². The van der Waals surface area contributed by atoms with E-state index in [1.54, 1.807) is 32.1 Å². The first-order valence-electron chi connectivity index (χ1n) is 6.37. The van der Waals surface area contributed by atoms with E-state index in [4.69, 9.17) is 0 Å². The maximum atomic E-state index is 2.32. The van der Waals surface area contributed by atoms with Crippen molar-refractivity contribution in [2.24, 2.45) is 23.2 Å².